The monoisotopic (exact) mass is 318 g/mol. The first-order chi connectivity index (χ1) is 10.3. The number of benzene rings is 1. The average molecular weight is 318 g/mol. The molecule has 0 radical (unpaired) electrons. The van der Waals surface area contributed by atoms with Crippen molar-refractivity contribution in [3.05, 3.63) is 42.0 Å². The van der Waals surface area contributed by atoms with E-state index in [4.69, 9.17) is 0 Å². The van der Waals surface area contributed by atoms with Crippen molar-refractivity contribution < 1.29 is 8.42 Å². The topological polar surface area (TPSA) is 58.5 Å². The minimum Gasteiger partial charge on any atom is -0.200 e. The highest BCUT2D eigenvalue weighted by Gasteiger charge is 2.38. The van der Waals surface area contributed by atoms with Gasteiger partial charge in [-0.25, -0.2) is 4.83 Å². The van der Waals surface area contributed by atoms with Crippen LogP contribution in [0.2, 0.25) is 0 Å². The van der Waals surface area contributed by atoms with Gasteiger partial charge in [0.2, 0.25) is 0 Å². The summed E-state index contributed by atoms with van der Waals surface area (Å²) in [4.78, 5) is 2.64. The van der Waals surface area contributed by atoms with E-state index in [1.807, 2.05) is 12.1 Å². The predicted octanol–water partition coefficient (Wildman–Crippen LogP) is 3.21. The lowest BCUT2D eigenvalue weighted by atomic mass is 9.74. The fourth-order valence-electron chi connectivity index (χ4n) is 2.97. The second kappa shape index (κ2) is 5.23. The molecule has 0 aliphatic heterocycles. The van der Waals surface area contributed by atoms with Gasteiger partial charge in [0.05, 0.1) is 4.90 Å². The Balaban J connectivity index is 1.72. The lowest BCUT2D eigenvalue weighted by Gasteiger charge is -2.31. The van der Waals surface area contributed by atoms with Crippen LogP contribution in [0.15, 0.2) is 46.4 Å². The maximum atomic E-state index is 12.3. The van der Waals surface area contributed by atoms with Gasteiger partial charge in [-0.1, -0.05) is 45.1 Å². The number of nitrogens with one attached hydrogen (secondary N) is 1. The molecule has 2 atom stereocenters. The van der Waals surface area contributed by atoms with E-state index in [1.165, 1.54) is 0 Å². The summed E-state index contributed by atoms with van der Waals surface area (Å²) < 4.78 is 24.6. The van der Waals surface area contributed by atoms with E-state index in [0.29, 0.717) is 11.8 Å². The van der Waals surface area contributed by atoms with Crippen LogP contribution in [0.5, 0.6) is 0 Å². The van der Waals surface area contributed by atoms with Gasteiger partial charge in [-0.2, -0.15) is 13.5 Å². The van der Waals surface area contributed by atoms with Crippen LogP contribution in [0.1, 0.15) is 39.2 Å². The highest BCUT2D eigenvalue weighted by Crippen LogP contribution is 2.40. The van der Waals surface area contributed by atoms with Crippen LogP contribution in [-0.2, 0) is 15.4 Å². The molecular formula is C17H22N2O2S. The van der Waals surface area contributed by atoms with Gasteiger partial charge >= 0.3 is 0 Å². The fourth-order valence-corrected chi connectivity index (χ4v) is 3.81. The lowest BCUT2D eigenvalue weighted by Crippen LogP contribution is -2.35. The summed E-state index contributed by atoms with van der Waals surface area (Å²) in [5.41, 5.74) is 2.08. The molecule has 2 aliphatic carbocycles. The van der Waals surface area contributed by atoms with Gasteiger partial charge in [0, 0.05) is 11.6 Å². The normalized spacial score (nSPS) is 25.9. The van der Waals surface area contributed by atoms with Crippen molar-refractivity contribution in [2.75, 3.05) is 0 Å². The van der Waals surface area contributed by atoms with Crippen molar-refractivity contribution in [2.45, 2.75) is 43.9 Å². The van der Waals surface area contributed by atoms with E-state index in [9.17, 15) is 8.42 Å². The molecule has 4 nitrogen and oxygen atoms in total. The molecule has 22 heavy (non-hydrogen) atoms. The van der Waals surface area contributed by atoms with E-state index >= 15 is 0 Å². The number of sulfonamides is 1. The summed E-state index contributed by atoms with van der Waals surface area (Å²) in [5, 5.41) is 4.13. The van der Waals surface area contributed by atoms with E-state index < -0.39 is 10.0 Å². The molecule has 1 aromatic carbocycles. The van der Waals surface area contributed by atoms with Gasteiger partial charge < -0.3 is 0 Å². The van der Waals surface area contributed by atoms with Crippen molar-refractivity contribution in [3.63, 3.8) is 0 Å². The Morgan fingerprint density at radius 1 is 1.18 bits per heavy atom. The first kappa shape index (κ1) is 15.3. The van der Waals surface area contributed by atoms with Crippen molar-refractivity contribution in [1.82, 2.24) is 4.83 Å². The van der Waals surface area contributed by atoms with Crippen LogP contribution in [0.25, 0.3) is 0 Å². The van der Waals surface area contributed by atoms with Crippen molar-refractivity contribution in [1.29, 1.82) is 0 Å². The van der Waals surface area contributed by atoms with Crippen LogP contribution in [0, 0.1) is 11.8 Å². The maximum Gasteiger partial charge on any atom is 0.276 e. The van der Waals surface area contributed by atoms with Crippen LogP contribution >= 0.6 is 0 Å². The molecule has 1 saturated carbocycles. The smallest absolute Gasteiger partial charge is 0.200 e. The third kappa shape index (κ3) is 2.82. The van der Waals surface area contributed by atoms with Gasteiger partial charge in [0.15, 0.2) is 0 Å². The summed E-state index contributed by atoms with van der Waals surface area (Å²) in [7, 11) is -3.58. The zero-order chi connectivity index (χ0) is 16.0. The third-order valence-electron chi connectivity index (χ3n) is 4.50. The largest absolute Gasteiger partial charge is 0.276 e. The first-order valence-electron chi connectivity index (χ1n) is 7.63. The Morgan fingerprint density at radius 3 is 2.45 bits per heavy atom. The van der Waals surface area contributed by atoms with E-state index in [0.717, 1.165) is 24.1 Å². The lowest BCUT2D eigenvalue weighted by molar-refractivity contribution is 0.463. The molecule has 5 heteroatoms. The van der Waals surface area contributed by atoms with Crippen LogP contribution in [0.4, 0.5) is 0 Å². The number of nitrogens with zero attached hydrogens (tertiary/aromatic N) is 1. The van der Waals surface area contributed by atoms with Crippen LogP contribution < -0.4 is 4.83 Å². The van der Waals surface area contributed by atoms with Gasteiger partial charge in [-0.05, 0) is 41.9 Å². The molecule has 1 N–H and O–H groups in total. The zero-order valence-corrected chi connectivity index (χ0v) is 14.0. The average Bonchev–Trinajstić information content (AvgIpc) is 2.79. The molecule has 0 amide bonds. The van der Waals surface area contributed by atoms with Crippen molar-refractivity contribution in [3.8, 4) is 0 Å². The van der Waals surface area contributed by atoms with Gasteiger partial charge in [0.25, 0.3) is 10.0 Å². The summed E-state index contributed by atoms with van der Waals surface area (Å²) in [6.07, 6.45) is 6.19. The van der Waals surface area contributed by atoms with Crippen molar-refractivity contribution >= 4 is 15.7 Å². The molecule has 1 fully saturated rings. The maximum absolute atomic E-state index is 12.3. The Morgan fingerprint density at radius 2 is 1.86 bits per heavy atom. The molecular weight excluding hydrogens is 296 g/mol. The molecule has 118 valence electrons. The third-order valence-corrected chi connectivity index (χ3v) is 5.73. The van der Waals surface area contributed by atoms with Crippen molar-refractivity contribution in [2.24, 2.45) is 16.9 Å². The number of hydrogen-bond donors (Lipinski definition) is 1. The van der Waals surface area contributed by atoms with Crippen LogP contribution in [0.3, 0.4) is 0 Å². The SMILES string of the molecule is CC(C)(C)c1ccc(S(=O)(=O)N/N=C2\C[C@H]3C=CC[C@H]23)cc1. The summed E-state index contributed by atoms with van der Waals surface area (Å²) in [5.74, 6) is 0.972. The molecule has 0 unspecified atom stereocenters. The Bertz CT molecular complexity index is 725. The van der Waals surface area contributed by atoms with Gasteiger partial charge in [0.1, 0.15) is 0 Å². The highest BCUT2D eigenvalue weighted by atomic mass is 32.2. The van der Waals surface area contributed by atoms with E-state index in [2.05, 4.69) is 42.9 Å². The minimum absolute atomic E-state index is 0.00631. The molecule has 0 spiro atoms. The quantitative estimate of drug-likeness (QED) is 0.687. The molecule has 2 aliphatic rings. The second-order valence-corrected chi connectivity index (χ2v) is 8.77. The van der Waals surface area contributed by atoms with Gasteiger partial charge in [-0.15, -0.1) is 0 Å². The number of hydrazone groups is 1. The van der Waals surface area contributed by atoms with Crippen LogP contribution in [-0.4, -0.2) is 14.1 Å². The zero-order valence-electron chi connectivity index (χ0n) is 13.2. The Labute approximate surface area is 132 Å². The minimum atomic E-state index is -3.58. The molecule has 3 rings (SSSR count). The Kier molecular flexibility index (Phi) is 3.63. The number of allylic oxidation sites excluding steroid dienone is 2. The fraction of sp³-hybridized carbons (Fsp3) is 0.471. The molecule has 0 heterocycles. The molecule has 0 aromatic heterocycles. The second-order valence-electron chi connectivity index (χ2n) is 7.11. The van der Waals surface area contributed by atoms with E-state index in [-0.39, 0.29) is 10.3 Å². The molecule has 0 saturated heterocycles. The molecule has 0 bridgehead atoms. The first-order valence-corrected chi connectivity index (χ1v) is 9.11. The summed E-state index contributed by atoms with van der Waals surface area (Å²) in [6, 6.07) is 7.01. The highest BCUT2D eigenvalue weighted by molar-refractivity contribution is 7.89. The Hall–Kier alpha value is -1.62. The molecule has 1 aromatic rings. The van der Waals surface area contributed by atoms with Gasteiger partial charge in [-0.3, -0.25) is 0 Å². The number of fused-ring (bicyclic) bond motifs is 1. The van der Waals surface area contributed by atoms with E-state index in [1.54, 1.807) is 12.1 Å². The summed E-state index contributed by atoms with van der Waals surface area (Å²) >= 11 is 0. The number of hydrogen-bond acceptors (Lipinski definition) is 3. The summed E-state index contributed by atoms with van der Waals surface area (Å²) in [6.45, 7) is 6.30. The standard InChI is InChI=1S/C17H22N2O2S/c1-17(2,3)13-7-9-14(10-8-13)22(20,21)19-18-16-11-12-5-4-6-15(12)16/h4-5,7-10,12,15,19H,6,11H2,1-3H3/b18-16+/t12-,15+/m1/s1. The predicted molar refractivity (Wildman–Crippen MR) is 88.3 cm³/mol. The number of rotatable bonds is 3.